The van der Waals surface area contributed by atoms with Gasteiger partial charge in [0.05, 0.1) is 7.11 Å². The van der Waals surface area contributed by atoms with E-state index in [0.717, 1.165) is 89.6 Å². The van der Waals surface area contributed by atoms with E-state index in [2.05, 4.69) is 50.6 Å². The normalized spacial score (nSPS) is 10.8. The summed E-state index contributed by atoms with van der Waals surface area (Å²) in [4.78, 5) is 34.0. The third-order valence-electron chi connectivity index (χ3n) is 8.50. The molecule has 0 saturated carbocycles. The SMILES string of the molecule is C=CCN(CC=C)CCc1c[nH]c2cccc(OC)c12.CC(=O)Oc1cccc2[nH]cc(CCN)c12.CNCCc1c[nH]c2cccc(OC(C)=O)c12. The number of hydrogen-bond donors (Lipinski definition) is 5. The Morgan fingerprint density at radius 3 is 1.57 bits per heavy atom. The van der Waals surface area contributed by atoms with Crippen LogP contribution in [0.5, 0.6) is 17.2 Å². The fraction of sp³-hybridized carbons (Fsp3) is 0.286. The Hall–Kier alpha value is -5.62. The monoisotopic (exact) mass is 720 g/mol. The highest BCUT2D eigenvalue weighted by atomic mass is 16.5. The summed E-state index contributed by atoms with van der Waals surface area (Å²) in [7, 11) is 3.63. The first-order valence-corrected chi connectivity index (χ1v) is 17.7. The van der Waals surface area contributed by atoms with Gasteiger partial charge in [0.1, 0.15) is 17.2 Å². The molecule has 11 heteroatoms. The van der Waals surface area contributed by atoms with Crippen molar-refractivity contribution < 1.29 is 23.8 Å². The van der Waals surface area contributed by atoms with Crippen LogP contribution in [0.15, 0.2) is 98.5 Å². The van der Waals surface area contributed by atoms with Gasteiger partial charge in [0, 0.05) is 84.8 Å². The second-order valence-electron chi connectivity index (χ2n) is 12.3. The van der Waals surface area contributed by atoms with Crippen LogP contribution in [0.25, 0.3) is 32.7 Å². The molecule has 0 aliphatic carbocycles. The molecule has 0 radical (unpaired) electrons. The lowest BCUT2D eigenvalue weighted by Gasteiger charge is -2.18. The van der Waals surface area contributed by atoms with Gasteiger partial charge in [-0.1, -0.05) is 30.4 Å². The second-order valence-corrected chi connectivity index (χ2v) is 12.3. The smallest absolute Gasteiger partial charge is 0.308 e. The van der Waals surface area contributed by atoms with Crippen molar-refractivity contribution in [2.45, 2.75) is 33.1 Å². The van der Waals surface area contributed by atoms with Crippen LogP contribution in [0.4, 0.5) is 0 Å². The number of fused-ring (bicyclic) bond motifs is 3. The van der Waals surface area contributed by atoms with Gasteiger partial charge in [-0.3, -0.25) is 14.5 Å². The molecule has 0 aliphatic rings. The number of benzene rings is 3. The number of rotatable bonds is 15. The minimum atomic E-state index is -0.313. The number of hydrogen-bond acceptors (Lipinski definition) is 8. The number of nitrogens with zero attached hydrogens (tertiary/aromatic N) is 1. The van der Waals surface area contributed by atoms with Crippen LogP contribution < -0.4 is 25.3 Å². The van der Waals surface area contributed by atoms with Crippen molar-refractivity contribution in [1.29, 1.82) is 0 Å². The molecule has 0 atom stereocenters. The molecule has 280 valence electrons. The van der Waals surface area contributed by atoms with Crippen LogP contribution in [-0.2, 0) is 28.9 Å². The lowest BCUT2D eigenvalue weighted by atomic mass is 10.1. The number of aromatic amines is 3. The van der Waals surface area contributed by atoms with Gasteiger partial charge in [-0.15, -0.1) is 13.2 Å². The topological polar surface area (TPSA) is 150 Å². The van der Waals surface area contributed by atoms with Crippen molar-refractivity contribution in [1.82, 2.24) is 25.2 Å². The van der Waals surface area contributed by atoms with Gasteiger partial charge in [0.2, 0.25) is 0 Å². The number of carbonyl (C=O) groups excluding carboxylic acids is 2. The summed E-state index contributed by atoms with van der Waals surface area (Å²) in [6.45, 7) is 14.6. The molecule has 0 spiro atoms. The van der Waals surface area contributed by atoms with Crippen molar-refractivity contribution >= 4 is 44.6 Å². The number of aromatic nitrogens is 3. The van der Waals surface area contributed by atoms with E-state index in [-0.39, 0.29) is 11.9 Å². The third-order valence-corrected chi connectivity index (χ3v) is 8.50. The van der Waals surface area contributed by atoms with E-state index in [4.69, 9.17) is 19.9 Å². The zero-order valence-corrected chi connectivity index (χ0v) is 31.2. The number of ether oxygens (including phenoxy) is 3. The average molecular weight is 721 g/mol. The van der Waals surface area contributed by atoms with E-state index in [9.17, 15) is 9.59 Å². The van der Waals surface area contributed by atoms with Crippen LogP contribution in [-0.4, -0.2) is 78.7 Å². The quantitative estimate of drug-likeness (QED) is 0.0440. The number of esters is 2. The highest BCUT2D eigenvalue weighted by Crippen LogP contribution is 2.31. The Morgan fingerprint density at radius 2 is 1.15 bits per heavy atom. The van der Waals surface area contributed by atoms with Gasteiger partial charge < -0.3 is 40.2 Å². The van der Waals surface area contributed by atoms with E-state index in [0.29, 0.717) is 18.0 Å². The lowest BCUT2D eigenvalue weighted by molar-refractivity contribution is -0.132. The van der Waals surface area contributed by atoms with E-state index in [1.54, 1.807) is 13.2 Å². The molecule has 6 rings (SSSR count). The first-order valence-electron chi connectivity index (χ1n) is 17.7. The van der Waals surface area contributed by atoms with Crippen LogP contribution >= 0.6 is 0 Å². The molecule has 6 N–H and O–H groups in total. The van der Waals surface area contributed by atoms with Gasteiger partial charge in [0.25, 0.3) is 0 Å². The van der Waals surface area contributed by atoms with Gasteiger partial charge in [-0.05, 0) is 92.5 Å². The summed E-state index contributed by atoms with van der Waals surface area (Å²) in [5.74, 6) is 1.54. The Morgan fingerprint density at radius 1 is 0.717 bits per heavy atom. The molecule has 0 amide bonds. The molecule has 6 aromatic rings. The average Bonchev–Trinajstić information content (AvgIpc) is 3.88. The third kappa shape index (κ3) is 10.9. The summed E-state index contributed by atoms with van der Waals surface area (Å²) >= 11 is 0. The number of methoxy groups -OCH3 is 1. The maximum atomic E-state index is 11.1. The highest BCUT2D eigenvalue weighted by molar-refractivity contribution is 5.92. The molecule has 3 heterocycles. The highest BCUT2D eigenvalue weighted by Gasteiger charge is 2.13. The van der Waals surface area contributed by atoms with Crippen LogP contribution in [0.3, 0.4) is 0 Å². The Kier molecular flexibility index (Phi) is 15.5. The molecule has 3 aromatic carbocycles. The minimum Gasteiger partial charge on any atom is -0.496 e. The predicted octanol–water partition coefficient (Wildman–Crippen LogP) is 6.84. The fourth-order valence-corrected chi connectivity index (χ4v) is 6.22. The minimum absolute atomic E-state index is 0.293. The van der Waals surface area contributed by atoms with Gasteiger partial charge in [-0.25, -0.2) is 0 Å². The molecule has 0 bridgehead atoms. The first kappa shape index (κ1) is 40.2. The molecule has 3 aromatic heterocycles. The first-order chi connectivity index (χ1) is 25.7. The number of H-pyrrole nitrogens is 3. The summed E-state index contributed by atoms with van der Waals surface area (Å²) in [5, 5.41) is 6.24. The lowest BCUT2D eigenvalue weighted by Crippen LogP contribution is -2.26. The molecule has 11 nitrogen and oxygen atoms in total. The second kappa shape index (κ2) is 20.4. The predicted molar refractivity (Wildman–Crippen MR) is 215 cm³/mol. The summed E-state index contributed by atoms with van der Waals surface area (Å²) in [6.07, 6.45) is 12.4. The molecule has 0 aliphatic heterocycles. The van der Waals surface area contributed by atoms with E-state index >= 15 is 0 Å². The van der Waals surface area contributed by atoms with Gasteiger partial charge in [-0.2, -0.15) is 0 Å². The fourth-order valence-electron chi connectivity index (χ4n) is 6.22. The van der Waals surface area contributed by atoms with E-state index in [1.807, 2.05) is 74.1 Å². The van der Waals surface area contributed by atoms with Crippen molar-refractivity contribution in [2.75, 3.05) is 46.9 Å². The number of nitrogens with one attached hydrogen (secondary N) is 4. The van der Waals surface area contributed by atoms with Crippen LogP contribution in [0, 0.1) is 0 Å². The number of nitrogens with two attached hydrogens (primary N) is 1. The molecule has 0 unspecified atom stereocenters. The molecule has 53 heavy (non-hydrogen) atoms. The van der Waals surface area contributed by atoms with Crippen molar-refractivity contribution in [3.8, 4) is 17.2 Å². The van der Waals surface area contributed by atoms with Crippen molar-refractivity contribution in [3.05, 3.63) is 115 Å². The Labute approximate surface area is 311 Å². The van der Waals surface area contributed by atoms with E-state index in [1.165, 1.54) is 24.8 Å². The number of carbonyl (C=O) groups is 2. The molecule has 0 saturated heterocycles. The maximum Gasteiger partial charge on any atom is 0.308 e. The number of likely N-dealkylation sites (N-methyl/N-ethyl adjacent to an activating group) is 1. The summed E-state index contributed by atoms with van der Waals surface area (Å²) in [5.41, 5.74) is 12.1. The largest absolute Gasteiger partial charge is 0.496 e. The summed E-state index contributed by atoms with van der Waals surface area (Å²) in [6, 6.07) is 17.3. The zero-order chi connectivity index (χ0) is 38.2. The van der Waals surface area contributed by atoms with Crippen LogP contribution in [0.1, 0.15) is 30.5 Å². The zero-order valence-electron chi connectivity index (χ0n) is 31.2. The van der Waals surface area contributed by atoms with Gasteiger partial charge in [0.15, 0.2) is 0 Å². The van der Waals surface area contributed by atoms with Gasteiger partial charge >= 0.3 is 11.9 Å². The van der Waals surface area contributed by atoms with Crippen molar-refractivity contribution in [3.63, 3.8) is 0 Å². The Bertz CT molecular complexity index is 2100. The standard InChI is InChI=1S/C17H22N2O.C13H16N2O2.C12H14N2O2/c1-4-10-19(11-5-2)12-9-14-13-18-15-7-6-8-16(20-3)17(14)15;1-9(16)17-12-5-3-4-11-13(12)10(8-15-11)6-7-14-2;1-8(15)16-11-4-2-3-10-12(11)9(5-6-13)7-14-10/h4-8,13,18H,1-2,9-12H2,3H3;3-5,8,14-15H,6-7H2,1-2H3;2-4,7,14H,5-6,13H2,1H3. The molecular weight excluding hydrogens is 668 g/mol. The van der Waals surface area contributed by atoms with Crippen molar-refractivity contribution in [2.24, 2.45) is 5.73 Å². The van der Waals surface area contributed by atoms with E-state index < -0.39 is 0 Å². The Balaban J connectivity index is 0.000000179. The molecule has 0 fully saturated rings. The van der Waals surface area contributed by atoms with Crippen LogP contribution in [0.2, 0.25) is 0 Å². The molecular formula is C42H52N6O5. The maximum absolute atomic E-state index is 11.1. The summed E-state index contributed by atoms with van der Waals surface area (Å²) < 4.78 is 15.9.